The highest BCUT2D eigenvalue weighted by atomic mass is 35.5. The van der Waals surface area contributed by atoms with Crippen molar-refractivity contribution in [3.8, 4) is 0 Å². The van der Waals surface area contributed by atoms with Crippen molar-refractivity contribution in [2.45, 2.75) is 11.4 Å². The molecule has 0 unspecified atom stereocenters. The predicted molar refractivity (Wildman–Crippen MR) is 65.6 cm³/mol. The van der Waals surface area contributed by atoms with E-state index in [-0.39, 0.29) is 0 Å². The molecular weight excluding hydrogens is 228 g/mol. The Kier molecular flexibility index (Phi) is 3.89. The van der Waals surface area contributed by atoms with Crippen molar-refractivity contribution < 1.29 is 0 Å². The molecular formula is C11H15ClN2S. The van der Waals surface area contributed by atoms with Gasteiger partial charge in [0.25, 0.3) is 0 Å². The minimum Gasteiger partial charge on any atom is -0.306 e. The maximum absolute atomic E-state index is 5.83. The molecule has 4 heteroatoms. The molecule has 2 nitrogen and oxygen atoms in total. The van der Waals surface area contributed by atoms with Crippen LogP contribution in [0, 0.1) is 5.92 Å². The molecule has 0 radical (unpaired) electrons. The Bertz CT molecular complexity index is 332. The first kappa shape index (κ1) is 11.2. The summed E-state index contributed by atoms with van der Waals surface area (Å²) in [6, 6.07) is 5.79. The second-order valence-electron chi connectivity index (χ2n) is 4.03. The van der Waals surface area contributed by atoms with Crippen LogP contribution in [0.1, 0.15) is 6.42 Å². The molecule has 0 saturated carbocycles. The van der Waals surface area contributed by atoms with E-state index in [0.717, 1.165) is 16.7 Å². The van der Waals surface area contributed by atoms with Crippen LogP contribution in [0.2, 0.25) is 5.15 Å². The lowest BCUT2D eigenvalue weighted by atomic mass is 10.2. The fraction of sp³-hybridized carbons (Fsp3) is 0.545. The topological polar surface area (TPSA) is 16.1 Å². The van der Waals surface area contributed by atoms with Gasteiger partial charge in [0.2, 0.25) is 0 Å². The first-order valence-corrected chi connectivity index (χ1v) is 6.54. The monoisotopic (exact) mass is 242 g/mol. The van der Waals surface area contributed by atoms with Gasteiger partial charge < -0.3 is 4.90 Å². The SMILES string of the molecule is CN1CC[C@H](CSc2cccc(Cl)n2)C1. The summed E-state index contributed by atoms with van der Waals surface area (Å²) in [7, 11) is 2.18. The zero-order chi connectivity index (χ0) is 10.7. The maximum atomic E-state index is 5.83. The van der Waals surface area contributed by atoms with E-state index >= 15 is 0 Å². The highest BCUT2D eigenvalue weighted by Crippen LogP contribution is 2.24. The molecule has 0 aromatic carbocycles. The van der Waals surface area contributed by atoms with Crippen LogP contribution in [0.15, 0.2) is 23.2 Å². The number of hydrogen-bond donors (Lipinski definition) is 0. The number of hydrogen-bond acceptors (Lipinski definition) is 3. The fourth-order valence-electron chi connectivity index (χ4n) is 1.84. The summed E-state index contributed by atoms with van der Waals surface area (Å²) in [5.41, 5.74) is 0. The summed E-state index contributed by atoms with van der Waals surface area (Å²) in [6.07, 6.45) is 1.31. The summed E-state index contributed by atoms with van der Waals surface area (Å²) in [5, 5.41) is 1.63. The van der Waals surface area contributed by atoms with Crippen molar-refractivity contribution in [3.05, 3.63) is 23.4 Å². The van der Waals surface area contributed by atoms with E-state index < -0.39 is 0 Å². The number of rotatable bonds is 3. The molecule has 1 aromatic rings. The Labute approximate surface area is 100 Å². The average Bonchev–Trinajstić information content (AvgIpc) is 2.62. The Morgan fingerprint density at radius 1 is 1.60 bits per heavy atom. The van der Waals surface area contributed by atoms with Gasteiger partial charge in [-0.05, 0) is 38.1 Å². The fourth-order valence-corrected chi connectivity index (χ4v) is 3.07. The molecule has 1 fully saturated rings. The standard InChI is InChI=1S/C11H15ClN2S/c1-14-6-5-9(7-14)8-15-11-4-2-3-10(12)13-11/h2-4,9H,5-8H2,1H3/t9-/m0/s1. The first-order valence-electron chi connectivity index (χ1n) is 5.18. The first-order chi connectivity index (χ1) is 7.24. The molecule has 1 atom stereocenters. The van der Waals surface area contributed by atoms with Gasteiger partial charge in [-0.3, -0.25) is 0 Å². The van der Waals surface area contributed by atoms with Gasteiger partial charge in [-0.1, -0.05) is 17.7 Å². The Balaban J connectivity index is 1.83. The van der Waals surface area contributed by atoms with Crippen LogP contribution >= 0.6 is 23.4 Å². The Morgan fingerprint density at radius 2 is 2.47 bits per heavy atom. The molecule has 0 spiro atoms. The van der Waals surface area contributed by atoms with Crippen molar-refractivity contribution in [2.24, 2.45) is 5.92 Å². The summed E-state index contributed by atoms with van der Waals surface area (Å²) in [5.74, 6) is 1.96. The van der Waals surface area contributed by atoms with Gasteiger partial charge >= 0.3 is 0 Å². The van der Waals surface area contributed by atoms with Gasteiger partial charge in [-0.25, -0.2) is 4.98 Å². The van der Waals surface area contributed by atoms with Gasteiger partial charge in [-0.15, -0.1) is 11.8 Å². The van der Waals surface area contributed by atoms with Crippen LogP contribution in [0.3, 0.4) is 0 Å². The summed E-state index contributed by atoms with van der Waals surface area (Å²) in [6.45, 7) is 2.45. The lowest BCUT2D eigenvalue weighted by molar-refractivity contribution is 0.403. The van der Waals surface area contributed by atoms with E-state index in [2.05, 4.69) is 16.9 Å². The van der Waals surface area contributed by atoms with Gasteiger partial charge in [0.15, 0.2) is 0 Å². The number of thioether (sulfide) groups is 1. The molecule has 1 aromatic heterocycles. The number of pyridine rings is 1. The van der Waals surface area contributed by atoms with E-state index in [1.54, 1.807) is 0 Å². The van der Waals surface area contributed by atoms with E-state index in [0.29, 0.717) is 5.15 Å². The second kappa shape index (κ2) is 5.19. The number of nitrogens with zero attached hydrogens (tertiary/aromatic N) is 2. The molecule has 1 aliphatic heterocycles. The lowest BCUT2D eigenvalue weighted by Crippen LogP contribution is -2.14. The third-order valence-corrected chi connectivity index (χ3v) is 4.02. The largest absolute Gasteiger partial charge is 0.306 e. The Hall–Kier alpha value is -0.250. The van der Waals surface area contributed by atoms with Crippen molar-refractivity contribution in [3.63, 3.8) is 0 Å². The minimum atomic E-state index is 0.587. The van der Waals surface area contributed by atoms with Crippen LogP contribution in [-0.4, -0.2) is 35.8 Å². The van der Waals surface area contributed by atoms with Crippen LogP contribution in [0.5, 0.6) is 0 Å². The van der Waals surface area contributed by atoms with Crippen molar-refractivity contribution >= 4 is 23.4 Å². The van der Waals surface area contributed by atoms with Gasteiger partial charge in [0.05, 0.1) is 5.03 Å². The van der Waals surface area contributed by atoms with Crippen LogP contribution in [0.4, 0.5) is 0 Å². The number of halogens is 1. The van der Waals surface area contributed by atoms with Crippen molar-refractivity contribution in [2.75, 3.05) is 25.9 Å². The smallest absolute Gasteiger partial charge is 0.130 e. The molecule has 0 N–H and O–H groups in total. The molecule has 1 saturated heterocycles. The van der Waals surface area contributed by atoms with E-state index in [9.17, 15) is 0 Å². The number of likely N-dealkylation sites (tertiary alicyclic amines) is 1. The second-order valence-corrected chi connectivity index (χ2v) is 5.45. The molecule has 0 amide bonds. The highest BCUT2D eigenvalue weighted by Gasteiger charge is 2.19. The third-order valence-electron chi connectivity index (χ3n) is 2.65. The summed E-state index contributed by atoms with van der Waals surface area (Å²) >= 11 is 7.64. The molecule has 0 bridgehead atoms. The zero-order valence-corrected chi connectivity index (χ0v) is 10.4. The predicted octanol–water partition coefficient (Wildman–Crippen LogP) is 2.78. The molecule has 82 valence electrons. The van der Waals surface area contributed by atoms with Crippen LogP contribution in [-0.2, 0) is 0 Å². The minimum absolute atomic E-state index is 0.587. The third kappa shape index (κ3) is 3.37. The van der Waals surface area contributed by atoms with Crippen molar-refractivity contribution in [1.82, 2.24) is 9.88 Å². The maximum Gasteiger partial charge on any atom is 0.130 e. The quantitative estimate of drug-likeness (QED) is 0.599. The van der Waals surface area contributed by atoms with Crippen molar-refractivity contribution in [1.29, 1.82) is 0 Å². The molecule has 1 aliphatic rings. The van der Waals surface area contributed by atoms with E-state index in [1.165, 1.54) is 19.5 Å². The van der Waals surface area contributed by atoms with Crippen LogP contribution in [0.25, 0.3) is 0 Å². The molecule has 2 rings (SSSR count). The molecule has 2 heterocycles. The average molecular weight is 243 g/mol. The molecule has 15 heavy (non-hydrogen) atoms. The Morgan fingerprint density at radius 3 is 3.13 bits per heavy atom. The summed E-state index contributed by atoms with van der Waals surface area (Å²) in [4.78, 5) is 6.65. The van der Waals surface area contributed by atoms with E-state index in [1.807, 2.05) is 30.0 Å². The lowest BCUT2D eigenvalue weighted by Gasteiger charge is -2.09. The van der Waals surface area contributed by atoms with Gasteiger partial charge in [-0.2, -0.15) is 0 Å². The highest BCUT2D eigenvalue weighted by molar-refractivity contribution is 7.99. The van der Waals surface area contributed by atoms with Crippen LogP contribution < -0.4 is 0 Å². The molecule has 0 aliphatic carbocycles. The zero-order valence-electron chi connectivity index (χ0n) is 8.82. The number of aromatic nitrogens is 1. The van der Waals surface area contributed by atoms with Gasteiger partial charge in [0, 0.05) is 12.3 Å². The summed E-state index contributed by atoms with van der Waals surface area (Å²) < 4.78 is 0. The van der Waals surface area contributed by atoms with Gasteiger partial charge in [0.1, 0.15) is 5.15 Å². The normalized spacial score (nSPS) is 22.1. The van der Waals surface area contributed by atoms with E-state index in [4.69, 9.17) is 11.6 Å².